The summed E-state index contributed by atoms with van der Waals surface area (Å²) >= 11 is 0. The van der Waals surface area contributed by atoms with Crippen LogP contribution in [0.2, 0.25) is 0 Å². The predicted octanol–water partition coefficient (Wildman–Crippen LogP) is 2.05. The highest BCUT2D eigenvalue weighted by Gasteiger charge is 2.12. The molecule has 0 aliphatic rings. The molecule has 0 spiro atoms. The fraction of sp³-hybridized carbons (Fsp3) is 0.235. The molecule has 0 unspecified atom stereocenters. The molecule has 2 rings (SSSR count). The molecule has 0 aliphatic carbocycles. The highest BCUT2D eigenvalue weighted by molar-refractivity contribution is 7.90. The molecule has 0 saturated heterocycles. The Bertz CT molecular complexity index is 782. The summed E-state index contributed by atoms with van der Waals surface area (Å²) in [6.45, 7) is 0.0118. The first-order valence-electron chi connectivity index (χ1n) is 7.15. The first-order valence-corrected chi connectivity index (χ1v) is 8.59. The molecule has 5 nitrogen and oxygen atoms in total. The van der Waals surface area contributed by atoms with E-state index in [0.29, 0.717) is 6.42 Å². The van der Waals surface area contributed by atoms with Gasteiger partial charge >= 0.3 is 0 Å². The van der Waals surface area contributed by atoms with Gasteiger partial charge in [-0.05, 0) is 35.2 Å². The molecule has 0 radical (unpaired) electrons. The number of nitrogens with zero attached hydrogens (tertiary/aromatic N) is 2. The number of hydrogen-bond donors (Lipinski definition) is 1. The Kier molecular flexibility index (Phi) is 5.52. The van der Waals surface area contributed by atoms with Crippen LogP contribution in [0.25, 0.3) is 0 Å². The fourth-order valence-electron chi connectivity index (χ4n) is 2.03. The molecule has 0 saturated carbocycles. The van der Waals surface area contributed by atoms with Crippen LogP contribution in [0.4, 0.5) is 0 Å². The van der Waals surface area contributed by atoms with E-state index in [4.69, 9.17) is 5.11 Å². The van der Waals surface area contributed by atoms with Crippen molar-refractivity contribution in [1.29, 1.82) is 0 Å². The van der Waals surface area contributed by atoms with Gasteiger partial charge in [0.25, 0.3) is 10.0 Å². The van der Waals surface area contributed by atoms with Gasteiger partial charge < -0.3 is 10.0 Å². The average molecular weight is 332 g/mol. The lowest BCUT2D eigenvalue weighted by Gasteiger charge is -2.06. The maximum atomic E-state index is 12.2. The number of rotatable bonds is 6. The van der Waals surface area contributed by atoms with Crippen LogP contribution >= 0.6 is 0 Å². The molecule has 122 valence electrons. The number of hydrogen-bond acceptors (Lipinski definition) is 3. The second-order valence-electron chi connectivity index (χ2n) is 5.46. The second-order valence-corrected chi connectivity index (χ2v) is 7.09. The van der Waals surface area contributed by atoms with Gasteiger partial charge in [0.15, 0.2) is 0 Å². The summed E-state index contributed by atoms with van der Waals surface area (Å²) in [5, 5.41) is 9.05. The minimum atomic E-state index is -3.69. The van der Waals surface area contributed by atoms with Crippen molar-refractivity contribution in [3.63, 3.8) is 0 Å². The third-order valence-electron chi connectivity index (χ3n) is 3.23. The van der Waals surface area contributed by atoms with Crippen LogP contribution in [0.15, 0.2) is 57.8 Å². The Morgan fingerprint density at radius 2 is 1.70 bits per heavy atom. The molecule has 23 heavy (non-hydrogen) atoms. The van der Waals surface area contributed by atoms with E-state index in [9.17, 15) is 8.42 Å². The van der Waals surface area contributed by atoms with Gasteiger partial charge in [-0.25, -0.2) is 0 Å². The molecule has 2 aromatic rings. The lowest BCUT2D eigenvalue weighted by Crippen LogP contribution is -2.10. The largest absolute Gasteiger partial charge is 0.392 e. The third kappa shape index (κ3) is 4.91. The standard InChI is InChI=1S/C17H20N2O3S/c1-19(2)13-18-23(21,22)17-5-3-4-16(11-17)10-14-6-8-15(12-20)9-7-14/h3-9,11,13,20H,10,12H2,1-2H3. The van der Waals surface area contributed by atoms with Crippen LogP contribution in [0.5, 0.6) is 0 Å². The van der Waals surface area contributed by atoms with Gasteiger partial charge in [-0.1, -0.05) is 36.4 Å². The van der Waals surface area contributed by atoms with Crippen molar-refractivity contribution in [3.05, 3.63) is 65.2 Å². The number of sulfonamides is 1. The van der Waals surface area contributed by atoms with Crippen molar-refractivity contribution in [1.82, 2.24) is 4.90 Å². The van der Waals surface area contributed by atoms with E-state index in [1.807, 2.05) is 30.3 Å². The molecule has 0 aromatic heterocycles. The molecule has 0 bridgehead atoms. The normalized spacial score (nSPS) is 11.8. The Morgan fingerprint density at radius 3 is 2.30 bits per heavy atom. The van der Waals surface area contributed by atoms with Crippen LogP contribution in [0.3, 0.4) is 0 Å². The van der Waals surface area contributed by atoms with Gasteiger partial charge in [0.05, 0.1) is 11.5 Å². The lowest BCUT2D eigenvalue weighted by atomic mass is 10.0. The molecule has 0 heterocycles. The van der Waals surface area contributed by atoms with E-state index in [2.05, 4.69) is 4.40 Å². The Labute approximate surface area is 137 Å². The predicted molar refractivity (Wildman–Crippen MR) is 91.0 cm³/mol. The Hall–Kier alpha value is -2.18. The number of aliphatic hydroxyl groups excluding tert-OH is 1. The van der Waals surface area contributed by atoms with Crippen LogP contribution in [-0.2, 0) is 23.1 Å². The van der Waals surface area contributed by atoms with Crippen molar-refractivity contribution in [2.24, 2.45) is 4.40 Å². The van der Waals surface area contributed by atoms with Crippen LogP contribution in [0, 0.1) is 0 Å². The minimum Gasteiger partial charge on any atom is -0.392 e. The van der Waals surface area contributed by atoms with Gasteiger partial charge in [0, 0.05) is 14.1 Å². The van der Waals surface area contributed by atoms with Crippen molar-refractivity contribution < 1.29 is 13.5 Å². The first-order chi connectivity index (χ1) is 10.9. The molecule has 0 amide bonds. The molecular weight excluding hydrogens is 312 g/mol. The second kappa shape index (κ2) is 7.39. The minimum absolute atomic E-state index is 0.0118. The highest BCUT2D eigenvalue weighted by Crippen LogP contribution is 2.17. The smallest absolute Gasteiger partial charge is 0.283 e. The van der Waals surface area contributed by atoms with Crippen LogP contribution < -0.4 is 0 Å². The third-order valence-corrected chi connectivity index (χ3v) is 4.45. The summed E-state index contributed by atoms with van der Waals surface area (Å²) in [6.07, 6.45) is 1.89. The van der Waals surface area contributed by atoms with Crippen molar-refractivity contribution in [3.8, 4) is 0 Å². The van der Waals surface area contributed by atoms with Gasteiger partial charge in [0.2, 0.25) is 0 Å². The number of aliphatic hydroxyl groups is 1. The molecule has 0 fully saturated rings. The van der Waals surface area contributed by atoms with E-state index in [1.165, 1.54) is 6.34 Å². The summed E-state index contributed by atoms with van der Waals surface area (Å²) in [5.41, 5.74) is 2.79. The molecule has 6 heteroatoms. The monoisotopic (exact) mass is 332 g/mol. The van der Waals surface area contributed by atoms with Crippen molar-refractivity contribution in [2.75, 3.05) is 14.1 Å². The number of benzene rings is 2. The zero-order valence-electron chi connectivity index (χ0n) is 13.2. The van der Waals surface area contributed by atoms with Gasteiger partial charge in [-0.2, -0.15) is 8.42 Å². The summed E-state index contributed by atoms with van der Waals surface area (Å²) in [4.78, 5) is 1.75. The molecular formula is C17H20N2O3S. The van der Waals surface area contributed by atoms with E-state index in [-0.39, 0.29) is 11.5 Å². The first kappa shape index (κ1) is 17.2. The zero-order valence-corrected chi connectivity index (χ0v) is 14.0. The quantitative estimate of drug-likeness (QED) is 0.649. The van der Waals surface area contributed by atoms with Crippen molar-refractivity contribution in [2.45, 2.75) is 17.9 Å². The zero-order chi connectivity index (χ0) is 16.9. The summed E-state index contributed by atoms with van der Waals surface area (Å²) < 4.78 is 28.0. The topological polar surface area (TPSA) is 70.0 Å². The average Bonchev–Trinajstić information content (AvgIpc) is 2.54. The molecule has 1 N–H and O–H groups in total. The van der Waals surface area contributed by atoms with Gasteiger partial charge in [-0.15, -0.1) is 4.40 Å². The van der Waals surface area contributed by atoms with E-state index >= 15 is 0 Å². The van der Waals surface area contributed by atoms with E-state index in [0.717, 1.165) is 16.7 Å². The maximum absolute atomic E-state index is 12.2. The molecule has 0 atom stereocenters. The van der Waals surface area contributed by atoms with Crippen molar-refractivity contribution >= 4 is 16.4 Å². The Balaban J connectivity index is 2.22. The van der Waals surface area contributed by atoms with Crippen LogP contribution in [0.1, 0.15) is 16.7 Å². The SMILES string of the molecule is CN(C)C=NS(=O)(=O)c1cccc(Cc2ccc(CO)cc2)c1. The Morgan fingerprint density at radius 1 is 1.04 bits per heavy atom. The van der Waals surface area contributed by atoms with Gasteiger partial charge in [0.1, 0.15) is 6.34 Å². The van der Waals surface area contributed by atoms with E-state index < -0.39 is 10.0 Å². The lowest BCUT2D eigenvalue weighted by molar-refractivity contribution is 0.282. The van der Waals surface area contributed by atoms with E-state index in [1.54, 1.807) is 37.2 Å². The summed E-state index contributed by atoms with van der Waals surface area (Å²) in [7, 11) is -0.259. The van der Waals surface area contributed by atoms with Gasteiger partial charge in [-0.3, -0.25) is 0 Å². The maximum Gasteiger partial charge on any atom is 0.283 e. The summed E-state index contributed by atoms with van der Waals surface area (Å²) in [5.74, 6) is 0. The molecule has 2 aromatic carbocycles. The highest BCUT2D eigenvalue weighted by atomic mass is 32.2. The summed E-state index contributed by atoms with van der Waals surface area (Å²) in [6, 6.07) is 14.4. The van der Waals surface area contributed by atoms with Crippen LogP contribution in [-0.4, -0.2) is 38.9 Å². The molecule has 0 aliphatic heterocycles. The fourth-order valence-corrected chi connectivity index (χ4v) is 3.02.